The Labute approximate surface area is 114 Å². The maximum Gasteiger partial charge on any atom is 0.311 e. The van der Waals surface area contributed by atoms with Crippen molar-refractivity contribution in [2.45, 2.75) is 6.92 Å². The Morgan fingerprint density at radius 1 is 1.37 bits per heavy atom. The van der Waals surface area contributed by atoms with Gasteiger partial charge < -0.3 is 11.1 Å². The summed E-state index contributed by atoms with van der Waals surface area (Å²) in [6, 6.07) is 8.23. The third-order valence-electron chi connectivity index (χ3n) is 2.54. The topological polar surface area (TPSA) is 94.1 Å². The third kappa shape index (κ3) is 2.92. The molecule has 0 fully saturated rings. The van der Waals surface area contributed by atoms with Crippen LogP contribution in [0.25, 0.3) is 0 Å². The van der Waals surface area contributed by atoms with E-state index < -0.39 is 4.92 Å². The van der Waals surface area contributed by atoms with Crippen molar-refractivity contribution in [3.8, 4) is 0 Å². The Hall–Kier alpha value is -2.34. The molecule has 0 spiro atoms. The number of hydrogen-bond acceptors (Lipinski definition) is 5. The van der Waals surface area contributed by atoms with Gasteiger partial charge in [0, 0.05) is 16.8 Å². The molecule has 1 aromatic carbocycles. The Morgan fingerprint density at radius 2 is 2.11 bits per heavy atom. The minimum Gasteiger partial charge on any atom is -0.378 e. The molecular formula is C12H11ClN4O2. The number of hydrogen-bond donors (Lipinski definition) is 2. The van der Waals surface area contributed by atoms with Crippen LogP contribution in [-0.2, 0) is 0 Å². The monoisotopic (exact) mass is 278 g/mol. The minimum absolute atomic E-state index is 0.131. The van der Waals surface area contributed by atoms with E-state index in [2.05, 4.69) is 10.3 Å². The molecule has 7 heteroatoms. The number of halogens is 1. The maximum atomic E-state index is 10.6. The number of pyridine rings is 1. The van der Waals surface area contributed by atoms with Gasteiger partial charge in [-0.25, -0.2) is 4.98 Å². The molecule has 98 valence electrons. The van der Waals surface area contributed by atoms with Crippen LogP contribution in [-0.4, -0.2) is 9.91 Å². The predicted molar refractivity (Wildman–Crippen MR) is 74.8 cm³/mol. The number of nitrogens with zero attached hydrogens (tertiary/aromatic N) is 2. The number of nitrogens with two attached hydrogens (primary N) is 1. The van der Waals surface area contributed by atoms with Crippen molar-refractivity contribution in [2.24, 2.45) is 0 Å². The van der Waals surface area contributed by atoms with Gasteiger partial charge in [-0.15, -0.1) is 0 Å². The van der Waals surface area contributed by atoms with E-state index in [1.54, 1.807) is 6.07 Å². The molecule has 1 aromatic heterocycles. The van der Waals surface area contributed by atoms with Gasteiger partial charge in [0.2, 0.25) is 5.82 Å². The number of rotatable bonds is 3. The quantitative estimate of drug-likeness (QED) is 0.664. The molecule has 0 unspecified atom stereocenters. The second-order valence-electron chi connectivity index (χ2n) is 3.95. The fourth-order valence-electron chi connectivity index (χ4n) is 1.51. The van der Waals surface area contributed by atoms with Crippen LogP contribution in [0.4, 0.5) is 23.0 Å². The van der Waals surface area contributed by atoms with Crippen LogP contribution < -0.4 is 11.1 Å². The minimum atomic E-state index is -0.575. The first-order valence-electron chi connectivity index (χ1n) is 5.41. The van der Waals surface area contributed by atoms with Crippen molar-refractivity contribution in [2.75, 3.05) is 11.1 Å². The highest BCUT2D eigenvalue weighted by atomic mass is 35.5. The average Bonchev–Trinajstić information content (AvgIpc) is 2.33. The number of nitrogens with one attached hydrogen (secondary N) is 1. The SMILES string of the molecule is Cc1ccc(Nc2ccc([N+](=O)[O-])c(N)n2)cc1Cl. The van der Waals surface area contributed by atoms with Crippen LogP contribution in [0.2, 0.25) is 5.02 Å². The van der Waals surface area contributed by atoms with Crippen molar-refractivity contribution < 1.29 is 4.92 Å². The zero-order chi connectivity index (χ0) is 14.0. The van der Waals surface area contributed by atoms with Gasteiger partial charge in [0.05, 0.1) is 4.92 Å². The van der Waals surface area contributed by atoms with Gasteiger partial charge in [0.15, 0.2) is 0 Å². The van der Waals surface area contributed by atoms with Crippen LogP contribution >= 0.6 is 11.6 Å². The Morgan fingerprint density at radius 3 is 2.68 bits per heavy atom. The van der Waals surface area contributed by atoms with Crippen molar-refractivity contribution in [1.82, 2.24) is 4.98 Å². The van der Waals surface area contributed by atoms with E-state index in [4.69, 9.17) is 17.3 Å². The van der Waals surface area contributed by atoms with Crippen molar-refractivity contribution in [1.29, 1.82) is 0 Å². The van der Waals surface area contributed by atoms with Crippen LogP contribution in [0.1, 0.15) is 5.56 Å². The van der Waals surface area contributed by atoms with Crippen LogP contribution in [0.5, 0.6) is 0 Å². The molecule has 2 rings (SSSR count). The lowest BCUT2D eigenvalue weighted by Gasteiger charge is -2.07. The molecule has 0 aliphatic carbocycles. The first kappa shape index (κ1) is 13.1. The highest BCUT2D eigenvalue weighted by Crippen LogP contribution is 2.25. The van der Waals surface area contributed by atoms with Gasteiger partial charge in [-0.1, -0.05) is 17.7 Å². The molecule has 6 nitrogen and oxygen atoms in total. The van der Waals surface area contributed by atoms with Gasteiger partial charge in [0.25, 0.3) is 0 Å². The lowest BCUT2D eigenvalue weighted by atomic mass is 10.2. The van der Waals surface area contributed by atoms with Crippen molar-refractivity contribution in [3.63, 3.8) is 0 Å². The zero-order valence-corrected chi connectivity index (χ0v) is 10.8. The van der Waals surface area contributed by atoms with Gasteiger partial charge in [-0.3, -0.25) is 10.1 Å². The van der Waals surface area contributed by atoms with Crippen LogP contribution in [0.3, 0.4) is 0 Å². The molecule has 0 aliphatic rings. The lowest BCUT2D eigenvalue weighted by Crippen LogP contribution is -2.01. The molecule has 1 heterocycles. The number of anilines is 3. The van der Waals surface area contributed by atoms with Crippen molar-refractivity contribution in [3.05, 3.63) is 51.0 Å². The molecule has 2 aromatic rings. The summed E-state index contributed by atoms with van der Waals surface area (Å²) in [4.78, 5) is 14.0. The molecule has 3 N–H and O–H groups in total. The highest BCUT2D eigenvalue weighted by Gasteiger charge is 2.12. The normalized spacial score (nSPS) is 10.2. The molecule has 0 radical (unpaired) electrons. The summed E-state index contributed by atoms with van der Waals surface area (Å²) < 4.78 is 0. The summed E-state index contributed by atoms with van der Waals surface area (Å²) in [6.45, 7) is 1.90. The second-order valence-corrected chi connectivity index (χ2v) is 4.35. The molecule has 0 bridgehead atoms. The van der Waals surface area contributed by atoms with E-state index in [9.17, 15) is 10.1 Å². The molecule has 19 heavy (non-hydrogen) atoms. The number of benzene rings is 1. The molecule has 0 saturated heterocycles. The summed E-state index contributed by atoms with van der Waals surface area (Å²) in [6.07, 6.45) is 0. The zero-order valence-electron chi connectivity index (χ0n) is 10.1. The Balaban J connectivity index is 2.26. The third-order valence-corrected chi connectivity index (χ3v) is 2.95. The number of nitrogen functional groups attached to an aromatic ring is 1. The van der Waals surface area contributed by atoms with Crippen LogP contribution in [0, 0.1) is 17.0 Å². The second kappa shape index (κ2) is 5.11. The summed E-state index contributed by atoms with van der Waals surface area (Å²) in [5.74, 6) is 0.288. The Kier molecular flexibility index (Phi) is 3.52. The van der Waals surface area contributed by atoms with Gasteiger partial charge >= 0.3 is 5.69 Å². The lowest BCUT2D eigenvalue weighted by molar-refractivity contribution is -0.384. The van der Waals surface area contributed by atoms with E-state index in [0.717, 1.165) is 11.3 Å². The standard InChI is InChI=1S/C12H11ClN4O2/c1-7-2-3-8(6-9(7)13)15-11-5-4-10(17(18)19)12(14)16-11/h2-6H,1H3,(H3,14,15,16). The Bertz CT molecular complexity index is 646. The van der Waals surface area contributed by atoms with Crippen LogP contribution in [0.15, 0.2) is 30.3 Å². The maximum absolute atomic E-state index is 10.6. The molecular weight excluding hydrogens is 268 g/mol. The van der Waals surface area contributed by atoms with Crippen molar-refractivity contribution >= 4 is 34.6 Å². The predicted octanol–water partition coefficient (Wildman–Crippen LogP) is 3.28. The molecule has 0 aliphatic heterocycles. The van der Waals surface area contributed by atoms with E-state index in [1.165, 1.54) is 12.1 Å². The summed E-state index contributed by atoms with van der Waals surface area (Å²) in [5.41, 5.74) is 6.99. The summed E-state index contributed by atoms with van der Waals surface area (Å²) in [7, 11) is 0. The first-order chi connectivity index (χ1) is 8.97. The summed E-state index contributed by atoms with van der Waals surface area (Å²) in [5, 5.41) is 14.2. The fourth-order valence-corrected chi connectivity index (χ4v) is 1.69. The van der Waals surface area contributed by atoms with Gasteiger partial charge in [-0.2, -0.15) is 0 Å². The number of aromatic nitrogens is 1. The molecule has 0 atom stereocenters. The average molecular weight is 279 g/mol. The smallest absolute Gasteiger partial charge is 0.311 e. The van der Waals surface area contributed by atoms with E-state index in [0.29, 0.717) is 10.8 Å². The fraction of sp³-hybridized carbons (Fsp3) is 0.0833. The van der Waals surface area contributed by atoms with E-state index >= 15 is 0 Å². The number of nitro groups is 1. The number of aryl methyl sites for hydroxylation is 1. The summed E-state index contributed by atoms with van der Waals surface area (Å²) >= 11 is 6.00. The highest BCUT2D eigenvalue weighted by molar-refractivity contribution is 6.31. The van der Waals surface area contributed by atoms with Gasteiger partial charge in [0.1, 0.15) is 5.82 Å². The first-order valence-corrected chi connectivity index (χ1v) is 5.79. The van der Waals surface area contributed by atoms with E-state index in [-0.39, 0.29) is 11.5 Å². The molecule has 0 saturated carbocycles. The van der Waals surface area contributed by atoms with Gasteiger partial charge in [-0.05, 0) is 30.7 Å². The largest absolute Gasteiger partial charge is 0.378 e. The van der Waals surface area contributed by atoms with E-state index in [1.807, 2.05) is 19.1 Å². The molecule has 0 amide bonds.